The number of furan rings is 1. The van der Waals surface area contributed by atoms with Crippen LogP contribution in [0.3, 0.4) is 0 Å². The smallest absolute Gasteiger partial charge is 0.135 e. The van der Waals surface area contributed by atoms with Crippen LogP contribution in [-0.2, 0) is 5.41 Å². The van der Waals surface area contributed by atoms with Crippen molar-refractivity contribution in [2.45, 2.75) is 19.3 Å². The summed E-state index contributed by atoms with van der Waals surface area (Å²) in [5.74, 6) is 0. The summed E-state index contributed by atoms with van der Waals surface area (Å²) in [7, 11) is 0. The van der Waals surface area contributed by atoms with E-state index in [9.17, 15) is 0 Å². The van der Waals surface area contributed by atoms with Gasteiger partial charge >= 0.3 is 0 Å². The monoisotopic (exact) mass is 805 g/mol. The Kier molecular flexibility index (Phi) is 8.55. The molecule has 1 aliphatic rings. The van der Waals surface area contributed by atoms with Gasteiger partial charge < -0.3 is 9.32 Å². The number of hydrogen-bond acceptors (Lipinski definition) is 2. The number of benzene rings is 10. The molecular weight excluding hydrogens is 763 g/mol. The molecule has 0 amide bonds. The second-order valence-corrected chi connectivity index (χ2v) is 17.3. The highest BCUT2D eigenvalue weighted by atomic mass is 16.3. The van der Waals surface area contributed by atoms with Gasteiger partial charge in [0.25, 0.3) is 0 Å². The highest BCUT2D eigenvalue weighted by molar-refractivity contribution is 6.06. The number of hydrogen-bond donors (Lipinski definition) is 0. The third-order valence-electron chi connectivity index (χ3n) is 13.3. The van der Waals surface area contributed by atoms with Crippen molar-refractivity contribution in [3.05, 3.63) is 236 Å². The highest BCUT2D eigenvalue weighted by Gasteiger charge is 2.36. The standard InChI is InChI=1S/C61H43NO/c1-61(2)56-38-46(50-23-13-17-42-16-6-7-20-49(42)50)30-33-52(56)53-34-32-48(39-57(53)61)62(58-24-10-8-21-51(58)43-28-26-41(27-29-43)40-14-4-3-5-15-40)47-19-12-18-44(36-47)45-31-35-60-55(37-45)54-22-9-11-25-59(54)63-60/h3-39H,1-2H3. The van der Waals surface area contributed by atoms with Crippen LogP contribution < -0.4 is 4.90 Å². The van der Waals surface area contributed by atoms with Crippen molar-refractivity contribution in [2.24, 2.45) is 0 Å². The molecule has 1 aliphatic carbocycles. The maximum atomic E-state index is 6.22. The molecule has 0 saturated carbocycles. The topological polar surface area (TPSA) is 16.4 Å². The molecule has 1 heterocycles. The van der Waals surface area contributed by atoms with Crippen molar-refractivity contribution in [1.82, 2.24) is 0 Å². The lowest BCUT2D eigenvalue weighted by molar-refractivity contribution is 0.660. The van der Waals surface area contributed by atoms with E-state index in [-0.39, 0.29) is 5.41 Å². The summed E-state index contributed by atoms with van der Waals surface area (Å²) >= 11 is 0. The number of nitrogens with zero attached hydrogens (tertiary/aromatic N) is 1. The maximum absolute atomic E-state index is 6.22. The predicted molar refractivity (Wildman–Crippen MR) is 265 cm³/mol. The normalized spacial score (nSPS) is 12.7. The molecule has 63 heavy (non-hydrogen) atoms. The first kappa shape index (κ1) is 36.9. The van der Waals surface area contributed by atoms with Crippen molar-refractivity contribution in [2.75, 3.05) is 4.90 Å². The Hall–Kier alpha value is -7.94. The third-order valence-corrected chi connectivity index (χ3v) is 13.3. The number of fused-ring (bicyclic) bond motifs is 7. The summed E-state index contributed by atoms with van der Waals surface area (Å²) in [6, 6.07) is 81.8. The van der Waals surface area contributed by atoms with Crippen LogP contribution in [-0.4, -0.2) is 0 Å². The van der Waals surface area contributed by atoms with Gasteiger partial charge in [0.2, 0.25) is 0 Å². The summed E-state index contributed by atoms with van der Waals surface area (Å²) in [5, 5.41) is 4.79. The molecule has 12 rings (SSSR count). The maximum Gasteiger partial charge on any atom is 0.135 e. The molecule has 0 atom stereocenters. The quantitative estimate of drug-likeness (QED) is 0.160. The zero-order valence-corrected chi connectivity index (χ0v) is 35.2. The largest absolute Gasteiger partial charge is 0.456 e. The fourth-order valence-corrected chi connectivity index (χ4v) is 10.1. The zero-order chi connectivity index (χ0) is 42.1. The molecule has 0 radical (unpaired) electrons. The molecule has 0 saturated heterocycles. The van der Waals surface area contributed by atoms with E-state index >= 15 is 0 Å². The van der Waals surface area contributed by atoms with Gasteiger partial charge in [-0.05, 0) is 127 Å². The van der Waals surface area contributed by atoms with Crippen molar-refractivity contribution in [1.29, 1.82) is 0 Å². The van der Waals surface area contributed by atoms with Crippen LogP contribution in [0.2, 0.25) is 0 Å². The fraction of sp³-hybridized carbons (Fsp3) is 0.0492. The minimum Gasteiger partial charge on any atom is -0.456 e. The van der Waals surface area contributed by atoms with Crippen LogP contribution in [0, 0.1) is 0 Å². The number of rotatable bonds is 7. The predicted octanol–water partition coefficient (Wildman–Crippen LogP) is 17.2. The zero-order valence-electron chi connectivity index (χ0n) is 35.2. The van der Waals surface area contributed by atoms with Gasteiger partial charge in [0.1, 0.15) is 11.2 Å². The second-order valence-electron chi connectivity index (χ2n) is 17.3. The highest BCUT2D eigenvalue weighted by Crippen LogP contribution is 2.52. The molecule has 0 N–H and O–H groups in total. The van der Waals surface area contributed by atoms with E-state index in [1.54, 1.807) is 0 Å². The minimum atomic E-state index is -0.232. The molecule has 0 aliphatic heterocycles. The van der Waals surface area contributed by atoms with Gasteiger partial charge in [-0.2, -0.15) is 0 Å². The Bertz CT molecular complexity index is 3530. The molecule has 298 valence electrons. The average Bonchev–Trinajstić information content (AvgIpc) is 3.82. The Labute approximate surface area is 368 Å². The van der Waals surface area contributed by atoms with Crippen LogP contribution in [0.4, 0.5) is 17.1 Å². The molecule has 1 aromatic heterocycles. The van der Waals surface area contributed by atoms with E-state index in [1.807, 2.05) is 12.1 Å². The van der Waals surface area contributed by atoms with Gasteiger partial charge in [-0.15, -0.1) is 0 Å². The van der Waals surface area contributed by atoms with E-state index in [4.69, 9.17) is 4.42 Å². The molecule has 2 nitrogen and oxygen atoms in total. The van der Waals surface area contributed by atoms with Crippen molar-refractivity contribution < 1.29 is 4.42 Å². The van der Waals surface area contributed by atoms with E-state index < -0.39 is 0 Å². The van der Waals surface area contributed by atoms with Crippen molar-refractivity contribution in [3.8, 4) is 55.6 Å². The summed E-state index contributed by atoms with van der Waals surface area (Å²) in [6.45, 7) is 4.77. The van der Waals surface area contributed by atoms with Crippen LogP contribution >= 0.6 is 0 Å². The third kappa shape index (κ3) is 6.17. The summed E-state index contributed by atoms with van der Waals surface area (Å²) in [4.78, 5) is 2.45. The lowest BCUT2D eigenvalue weighted by Crippen LogP contribution is -2.17. The fourth-order valence-electron chi connectivity index (χ4n) is 10.1. The number of anilines is 3. The van der Waals surface area contributed by atoms with Crippen LogP contribution in [0.1, 0.15) is 25.0 Å². The summed E-state index contributed by atoms with van der Waals surface area (Å²) < 4.78 is 6.22. The summed E-state index contributed by atoms with van der Waals surface area (Å²) in [6.07, 6.45) is 0. The molecule has 0 bridgehead atoms. The molecule has 2 heteroatoms. The van der Waals surface area contributed by atoms with Gasteiger partial charge in [0, 0.05) is 33.1 Å². The SMILES string of the molecule is CC1(C)c2cc(-c3cccc4ccccc34)ccc2-c2ccc(N(c3cccc(-c4ccc5oc6ccccc6c5c4)c3)c3ccccc3-c3ccc(-c4ccccc4)cc3)cc21. The van der Waals surface area contributed by atoms with Gasteiger partial charge in [-0.1, -0.05) is 184 Å². The first-order chi connectivity index (χ1) is 31.0. The molecule has 0 spiro atoms. The van der Waals surface area contributed by atoms with Gasteiger partial charge in [-0.25, -0.2) is 0 Å². The molecule has 0 unspecified atom stereocenters. The Morgan fingerprint density at radius 1 is 0.333 bits per heavy atom. The second kappa shape index (κ2) is 14.6. The molecular formula is C61H43NO. The minimum absolute atomic E-state index is 0.232. The van der Waals surface area contributed by atoms with Gasteiger partial charge in [-0.3, -0.25) is 0 Å². The first-order valence-electron chi connectivity index (χ1n) is 21.8. The molecule has 11 aromatic rings. The first-order valence-corrected chi connectivity index (χ1v) is 21.8. The lowest BCUT2D eigenvalue weighted by atomic mass is 9.81. The molecule has 0 fully saturated rings. The van der Waals surface area contributed by atoms with E-state index in [0.29, 0.717) is 0 Å². The average molecular weight is 806 g/mol. The van der Waals surface area contributed by atoms with Gasteiger partial charge in [0.15, 0.2) is 0 Å². The Morgan fingerprint density at radius 2 is 0.905 bits per heavy atom. The van der Waals surface area contributed by atoms with E-state index in [2.05, 4.69) is 231 Å². The molecule has 10 aromatic carbocycles. The summed E-state index contributed by atoms with van der Waals surface area (Å²) in [5.41, 5.74) is 19.7. The van der Waals surface area contributed by atoms with E-state index in [1.165, 1.54) is 60.8 Å². The van der Waals surface area contributed by atoms with E-state index in [0.717, 1.165) is 55.7 Å². The van der Waals surface area contributed by atoms with Crippen LogP contribution in [0.5, 0.6) is 0 Å². The van der Waals surface area contributed by atoms with Crippen LogP contribution in [0.25, 0.3) is 88.3 Å². The Morgan fingerprint density at radius 3 is 1.78 bits per heavy atom. The van der Waals surface area contributed by atoms with Crippen molar-refractivity contribution >= 4 is 49.8 Å². The van der Waals surface area contributed by atoms with Crippen LogP contribution in [0.15, 0.2) is 229 Å². The number of para-hydroxylation sites is 2. The van der Waals surface area contributed by atoms with Crippen molar-refractivity contribution in [3.63, 3.8) is 0 Å². The van der Waals surface area contributed by atoms with Gasteiger partial charge in [0.05, 0.1) is 5.69 Å². The lowest BCUT2D eigenvalue weighted by Gasteiger charge is -2.30. The Balaban J connectivity index is 1.00.